The van der Waals surface area contributed by atoms with Crippen molar-refractivity contribution in [1.82, 2.24) is 9.78 Å². The molecule has 0 atom stereocenters. The molecule has 1 fully saturated rings. The average Bonchev–Trinajstić information content (AvgIpc) is 2.92. The number of nitrogens with zero attached hydrogens (tertiary/aromatic N) is 3. The van der Waals surface area contributed by atoms with Gasteiger partial charge in [0.1, 0.15) is 5.15 Å². The van der Waals surface area contributed by atoms with Gasteiger partial charge >= 0.3 is 0 Å². The minimum absolute atomic E-state index is 0.222. The van der Waals surface area contributed by atoms with Gasteiger partial charge in [-0.2, -0.15) is 5.10 Å². The smallest absolute Gasteiger partial charge is 0.260 e. The van der Waals surface area contributed by atoms with Gasteiger partial charge in [-0.1, -0.05) is 66.4 Å². The Morgan fingerprint density at radius 2 is 1.68 bits per heavy atom. The Labute approximate surface area is 189 Å². The molecule has 5 nitrogen and oxygen atoms in total. The Hall–Kier alpha value is -2.79. The molecule has 1 aliphatic heterocycles. The third-order valence-corrected chi connectivity index (χ3v) is 6.23. The van der Waals surface area contributed by atoms with Crippen LogP contribution >= 0.6 is 11.6 Å². The first-order valence-electron chi connectivity index (χ1n) is 11.0. The Balaban J connectivity index is 1.55. The summed E-state index contributed by atoms with van der Waals surface area (Å²) in [7, 11) is 0. The molecule has 1 saturated heterocycles. The van der Waals surface area contributed by atoms with Gasteiger partial charge in [0.05, 0.1) is 29.2 Å². The van der Waals surface area contributed by atoms with E-state index in [4.69, 9.17) is 11.6 Å². The number of hydrogen-bond donors (Lipinski definition) is 1. The van der Waals surface area contributed by atoms with Crippen LogP contribution in [0.1, 0.15) is 52.9 Å². The third kappa shape index (κ3) is 4.93. The maximum absolute atomic E-state index is 13.2. The summed E-state index contributed by atoms with van der Waals surface area (Å²) >= 11 is 6.61. The van der Waals surface area contributed by atoms with Gasteiger partial charge in [-0.15, -0.1) is 0 Å². The number of hydrogen-bond acceptors (Lipinski definition) is 3. The van der Waals surface area contributed by atoms with Gasteiger partial charge in [0.25, 0.3) is 5.91 Å². The average molecular weight is 437 g/mol. The summed E-state index contributed by atoms with van der Waals surface area (Å²) in [6.45, 7) is 6.44. The standard InChI is InChI=1S/C25H29ClN4O/c1-18-11-13-20(14-12-18)17-30-24(26)23(19(2)28-30)25(31)27-21-9-5-6-10-22(21)29-15-7-3-4-8-16-29/h5-6,9-14H,3-4,7-8,15-17H2,1-2H3,(H,27,31). The second-order valence-corrected chi connectivity index (χ2v) is 8.63. The lowest BCUT2D eigenvalue weighted by Gasteiger charge is -2.25. The zero-order valence-corrected chi connectivity index (χ0v) is 19.0. The number of amides is 1. The van der Waals surface area contributed by atoms with E-state index in [1.807, 2.05) is 25.1 Å². The van der Waals surface area contributed by atoms with Crippen LogP contribution in [-0.4, -0.2) is 28.8 Å². The SMILES string of the molecule is Cc1ccc(Cn2nc(C)c(C(=O)Nc3ccccc3N3CCCCCC3)c2Cl)cc1. The summed E-state index contributed by atoms with van der Waals surface area (Å²) < 4.78 is 1.69. The van der Waals surface area contributed by atoms with Gasteiger partial charge in [0.15, 0.2) is 0 Å². The van der Waals surface area contributed by atoms with Crippen LogP contribution in [-0.2, 0) is 6.54 Å². The van der Waals surface area contributed by atoms with E-state index in [9.17, 15) is 4.79 Å². The van der Waals surface area contributed by atoms with E-state index in [0.717, 1.165) is 30.0 Å². The normalized spacial score (nSPS) is 14.4. The van der Waals surface area contributed by atoms with Crippen molar-refractivity contribution < 1.29 is 4.79 Å². The van der Waals surface area contributed by atoms with Gasteiger partial charge in [-0.25, -0.2) is 4.68 Å². The Morgan fingerprint density at radius 1 is 1.00 bits per heavy atom. The lowest BCUT2D eigenvalue weighted by atomic mass is 10.1. The zero-order valence-electron chi connectivity index (χ0n) is 18.2. The fourth-order valence-electron chi connectivity index (χ4n) is 4.13. The number of nitrogens with one attached hydrogen (secondary N) is 1. The van der Waals surface area contributed by atoms with Crippen molar-refractivity contribution in [2.45, 2.75) is 46.1 Å². The number of carbonyl (C=O) groups excluding carboxylic acids is 1. The first-order valence-corrected chi connectivity index (χ1v) is 11.3. The van der Waals surface area contributed by atoms with Crippen molar-refractivity contribution in [1.29, 1.82) is 0 Å². The molecule has 6 heteroatoms. The molecule has 2 heterocycles. The molecular formula is C25H29ClN4O. The summed E-state index contributed by atoms with van der Waals surface area (Å²) in [6, 6.07) is 16.2. The highest BCUT2D eigenvalue weighted by Crippen LogP contribution is 2.30. The number of para-hydroxylation sites is 2. The van der Waals surface area contributed by atoms with Crippen LogP contribution in [0.3, 0.4) is 0 Å². The number of rotatable bonds is 5. The molecule has 0 spiro atoms. The van der Waals surface area contributed by atoms with Crippen LogP contribution in [0.25, 0.3) is 0 Å². The summed E-state index contributed by atoms with van der Waals surface area (Å²) in [6.07, 6.45) is 4.89. The molecule has 1 N–H and O–H groups in total. The fourth-order valence-corrected chi connectivity index (χ4v) is 4.45. The van der Waals surface area contributed by atoms with E-state index in [2.05, 4.69) is 52.6 Å². The molecule has 1 amide bonds. The summed E-state index contributed by atoms with van der Waals surface area (Å²) in [5.41, 5.74) is 5.24. The molecule has 0 saturated carbocycles. The van der Waals surface area contributed by atoms with E-state index in [-0.39, 0.29) is 5.91 Å². The Kier molecular flexibility index (Phi) is 6.62. The van der Waals surface area contributed by atoms with Crippen LogP contribution in [0.2, 0.25) is 5.15 Å². The molecule has 0 bridgehead atoms. The first kappa shape index (κ1) is 21.4. The third-order valence-electron chi connectivity index (χ3n) is 5.84. The number of aryl methyl sites for hydroxylation is 2. The highest BCUT2D eigenvalue weighted by Gasteiger charge is 2.22. The topological polar surface area (TPSA) is 50.2 Å². The summed E-state index contributed by atoms with van der Waals surface area (Å²) in [5.74, 6) is -0.222. The maximum atomic E-state index is 13.2. The van der Waals surface area contributed by atoms with Gasteiger partial charge < -0.3 is 10.2 Å². The zero-order chi connectivity index (χ0) is 21.8. The van der Waals surface area contributed by atoms with Crippen LogP contribution < -0.4 is 10.2 Å². The molecule has 2 aromatic carbocycles. The highest BCUT2D eigenvalue weighted by molar-refractivity contribution is 6.33. The van der Waals surface area contributed by atoms with E-state index in [1.54, 1.807) is 4.68 Å². The fraction of sp³-hybridized carbons (Fsp3) is 0.360. The molecule has 1 aliphatic rings. The monoisotopic (exact) mass is 436 g/mol. The second kappa shape index (κ2) is 9.56. The number of aromatic nitrogens is 2. The summed E-state index contributed by atoms with van der Waals surface area (Å²) in [5, 5.41) is 7.98. The van der Waals surface area contributed by atoms with Crippen molar-refractivity contribution in [2.75, 3.05) is 23.3 Å². The Morgan fingerprint density at radius 3 is 2.39 bits per heavy atom. The largest absolute Gasteiger partial charge is 0.370 e. The van der Waals surface area contributed by atoms with E-state index >= 15 is 0 Å². The molecule has 1 aromatic heterocycles. The first-order chi connectivity index (χ1) is 15.0. The molecule has 0 aliphatic carbocycles. The molecule has 0 unspecified atom stereocenters. The van der Waals surface area contributed by atoms with Crippen molar-refractivity contribution in [3.63, 3.8) is 0 Å². The highest BCUT2D eigenvalue weighted by atomic mass is 35.5. The minimum atomic E-state index is -0.222. The second-order valence-electron chi connectivity index (χ2n) is 8.27. The minimum Gasteiger partial charge on any atom is -0.370 e. The number of halogens is 1. The van der Waals surface area contributed by atoms with Crippen molar-refractivity contribution in [3.05, 3.63) is 76.1 Å². The molecule has 3 aromatic rings. The van der Waals surface area contributed by atoms with Crippen LogP contribution in [0, 0.1) is 13.8 Å². The van der Waals surface area contributed by atoms with Gasteiger partial charge in [-0.05, 0) is 44.4 Å². The molecule has 162 valence electrons. The van der Waals surface area contributed by atoms with Gasteiger partial charge in [-0.3, -0.25) is 4.79 Å². The maximum Gasteiger partial charge on any atom is 0.260 e. The van der Waals surface area contributed by atoms with Crippen molar-refractivity contribution >= 4 is 28.9 Å². The lowest BCUT2D eigenvalue weighted by Crippen LogP contribution is -2.25. The van der Waals surface area contributed by atoms with Crippen LogP contribution in [0.4, 0.5) is 11.4 Å². The predicted octanol–water partition coefficient (Wildman–Crippen LogP) is 5.83. The van der Waals surface area contributed by atoms with E-state index in [0.29, 0.717) is 23.0 Å². The van der Waals surface area contributed by atoms with E-state index in [1.165, 1.54) is 31.2 Å². The Bertz CT molecular complexity index is 1050. The number of benzene rings is 2. The van der Waals surface area contributed by atoms with Crippen molar-refractivity contribution in [3.8, 4) is 0 Å². The molecular weight excluding hydrogens is 408 g/mol. The molecule has 31 heavy (non-hydrogen) atoms. The quantitative estimate of drug-likeness (QED) is 0.547. The lowest BCUT2D eigenvalue weighted by molar-refractivity contribution is 0.102. The predicted molar refractivity (Wildman–Crippen MR) is 127 cm³/mol. The number of anilines is 2. The van der Waals surface area contributed by atoms with Crippen molar-refractivity contribution in [2.24, 2.45) is 0 Å². The van der Waals surface area contributed by atoms with Gasteiger partial charge in [0, 0.05) is 13.1 Å². The van der Waals surface area contributed by atoms with Crippen LogP contribution in [0.5, 0.6) is 0 Å². The van der Waals surface area contributed by atoms with Gasteiger partial charge in [0.2, 0.25) is 0 Å². The summed E-state index contributed by atoms with van der Waals surface area (Å²) in [4.78, 5) is 15.6. The van der Waals surface area contributed by atoms with E-state index < -0.39 is 0 Å². The van der Waals surface area contributed by atoms with Crippen LogP contribution in [0.15, 0.2) is 48.5 Å². The molecule has 0 radical (unpaired) electrons. The number of carbonyl (C=O) groups is 1. The molecule has 4 rings (SSSR count).